The fourth-order valence-corrected chi connectivity index (χ4v) is 3.92. The van der Waals surface area contributed by atoms with Crippen LogP contribution in [0.25, 0.3) is 10.8 Å². The van der Waals surface area contributed by atoms with Crippen molar-refractivity contribution in [2.24, 2.45) is 0 Å². The molecule has 0 radical (unpaired) electrons. The molecule has 0 N–H and O–H groups in total. The van der Waals surface area contributed by atoms with Gasteiger partial charge in [-0.2, -0.15) is 0 Å². The number of hydrogen-bond donors (Lipinski definition) is 0. The minimum atomic E-state index is 0.207. The summed E-state index contributed by atoms with van der Waals surface area (Å²) in [5.41, 5.74) is 1.40. The lowest BCUT2D eigenvalue weighted by molar-refractivity contribution is 0.414. The Kier molecular flexibility index (Phi) is 4.16. The van der Waals surface area contributed by atoms with Gasteiger partial charge in [0.05, 0.1) is 7.11 Å². The van der Waals surface area contributed by atoms with Crippen LogP contribution in [0.5, 0.6) is 5.75 Å². The standard InChI is InChI=1S/C19H19OS/c1-20-18-9-11-19(12-10-18)21(2)14-15-7-8-16-5-3-4-6-17(16)13-15/h3-13H,14H2,1-2H3/q+1. The van der Waals surface area contributed by atoms with Crippen molar-refractivity contribution in [2.75, 3.05) is 13.4 Å². The van der Waals surface area contributed by atoms with Crippen LogP contribution in [0, 0.1) is 0 Å². The summed E-state index contributed by atoms with van der Waals surface area (Å²) in [7, 11) is 1.91. The maximum absolute atomic E-state index is 5.22. The lowest BCUT2D eigenvalue weighted by Gasteiger charge is -2.06. The minimum absolute atomic E-state index is 0.207. The first kappa shape index (κ1) is 14.0. The van der Waals surface area contributed by atoms with E-state index in [4.69, 9.17) is 4.74 Å². The predicted molar refractivity (Wildman–Crippen MR) is 92.2 cm³/mol. The summed E-state index contributed by atoms with van der Waals surface area (Å²) in [4.78, 5) is 1.38. The molecule has 0 saturated heterocycles. The molecule has 1 nitrogen and oxygen atoms in total. The maximum Gasteiger partial charge on any atom is 0.155 e. The molecular weight excluding hydrogens is 276 g/mol. The molecule has 3 rings (SSSR count). The summed E-state index contributed by atoms with van der Waals surface area (Å²) in [6.45, 7) is 0. The zero-order valence-corrected chi connectivity index (χ0v) is 13.2. The van der Waals surface area contributed by atoms with Gasteiger partial charge in [0, 0.05) is 16.5 Å². The Labute approximate surface area is 128 Å². The van der Waals surface area contributed by atoms with Crippen molar-refractivity contribution < 1.29 is 4.74 Å². The molecule has 0 aromatic heterocycles. The van der Waals surface area contributed by atoms with Crippen LogP contribution in [0.3, 0.4) is 0 Å². The molecule has 0 aliphatic heterocycles. The molecule has 0 spiro atoms. The molecule has 21 heavy (non-hydrogen) atoms. The SMILES string of the molecule is COc1ccc([S+](C)Cc2ccc3ccccc3c2)cc1. The quantitative estimate of drug-likeness (QED) is 0.636. The Hall–Kier alpha value is -1.93. The molecule has 3 aromatic carbocycles. The zero-order chi connectivity index (χ0) is 14.7. The van der Waals surface area contributed by atoms with Gasteiger partial charge in [0.1, 0.15) is 17.8 Å². The van der Waals surface area contributed by atoms with E-state index in [9.17, 15) is 0 Å². The smallest absolute Gasteiger partial charge is 0.155 e. The molecule has 106 valence electrons. The lowest BCUT2D eigenvalue weighted by Crippen LogP contribution is -2.03. The molecule has 3 aromatic rings. The van der Waals surface area contributed by atoms with E-state index in [1.165, 1.54) is 21.2 Å². The first-order valence-corrected chi connectivity index (χ1v) is 8.81. The van der Waals surface area contributed by atoms with E-state index in [2.05, 4.69) is 60.9 Å². The predicted octanol–water partition coefficient (Wildman–Crippen LogP) is 4.66. The summed E-state index contributed by atoms with van der Waals surface area (Å²) >= 11 is 0. The molecule has 1 unspecified atom stereocenters. The average Bonchev–Trinajstić information content (AvgIpc) is 2.55. The van der Waals surface area contributed by atoms with Crippen LogP contribution in [0.15, 0.2) is 71.6 Å². The van der Waals surface area contributed by atoms with Crippen LogP contribution in [0.4, 0.5) is 0 Å². The second kappa shape index (κ2) is 6.23. The minimum Gasteiger partial charge on any atom is -0.497 e. The Bertz CT molecular complexity index is 734. The van der Waals surface area contributed by atoms with E-state index < -0.39 is 0 Å². The third kappa shape index (κ3) is 3.22. The fraction of sp³-hybridized carbons (Fsp3) is 0.158. The van der Waals surface area contributed by atoms with Crippen molar-refractivity contribution in [3.63, 3.8) is 0 Å². The van der Waals surface area contributed by atoms with Gasteiger partial charge in [0.25, 0.3) is 0 Å². The van der Waals surface area contributed by atoms with E-state index >= 15 is 0 Å². The van der Waals surface area contributed by atoms with Crippen LogP contribution < -0.4 is 4.74 Å². The number of fused-ring (bicyclic) bond motifs is 1. The van der Waals surface area contributed by atoms with Crippen LogP contribution in [0.2, 0.25) is 0 Å². The normalized spacial score (nSPS) is 12.3. The van der Waals surface area contributed by atoms with Gasteiger partial charge in [-0.1, -0.05) is 36.4 Å². The molecule has 1 atom stereocenters. The summed E-state index contributed by atoms with van der Waals surface area (Å²) in [6.07, 6.45) is 2.30. The highest BCUT2D eigenvalue weighted by molar-refractivity contribution is 7.95. The van der Waals surface area contributed by atoms with Crippen LogP contribution in [0.1, 0.15) is 5.56 Å². The molecule has 0 aliphatic rings. The molecule has 2 heteroatoms. The second-order valence-electron chi connectivity index (χ2n) is 5.14. The Morgan fingerprint density at radius 1 is 0.857 bits per heavy atom. The van der Waals surface area contributed by atoms with Crippen molar-refractivity contribution in [1.82, 2.24) is 0 Å². The number of benzene rings is 3. The van der Waals surface area contributed by atoms with Crippen molar-refractivity contribution in [3.8, 4) is 5.75 Å². The number of rotatable bonds is 4. The van der Waals surface area contributed by atoms with Gasteiger partial charge in [0.2, 0.25) is 0 Å². The largest absolute Gasteiger partial charge is 0.497 e. The molecular formula is C19H19OS+. The van der Waals surface area contributed by atoms with Gasteiger partial charge < -0.3 is 4.74 Å². The average molecular weight is 295 g/mol. The zero-order valence-electron chi connectivity index (χ0n) is 12.4. The number of methoxy groups -OCH3 is 1. The van der Waals surface area contributed by atoms with Crippen LogP contribution in [-0.2, 0) is 16.6 Å². The Morgan fingerprint density at radius 3 is 2.29 bits per heavy atom. The van der Waals surface area contributed by atoms with E-state index in [1.807, 2.05) is 12.1 Å². The topological polar surface area (TPSA) is 9.23 Å². The summed E-state index contributed by atoms with van der Waals surface area (Å²) in [5, 5.41) is 2.63. The van der Waals surface area contributed by atoms with Gasteiger partial charge >= 0.3 is 0 Å². The molecule has 0 aliphatic carbocycles. The second-order valence-corrected chi connectivity index (χ2v) is 7.17. The lowest BCUT2D eigenvalue weighted by atomic mass is 10.1. The molecule has 0 amide bonds. The van der Waals surface area contributed by atoms with E-state index in [1.54, 1.807) is 7.11 Å². The first-order valence-electron chi connectivity index (χ1n) is 7.00. The highest BCUT2D eigenvalue weighted by Crippen LogP contribution is 2.22. The van der Waals surface area contributed by atoms with E-state index in [0.29, 0.717) is 0 Å². The van der Waals surface area contributed by atoms with Gasteiger partial charge in [-0.05, 0) is 41.1 Å². The third-order valence-corrected chi connectivity index (χ3v) is 5.50. The monoisotopic (exact) mass is 295 g/mol. The fourth-order valence-electron chi connectivity index (χ4n) is 2.47. The van der Waals surface area contributed by atoms with E-state index in [0.717, 1.165) is 11.5 Å². The van der Waals surface area contributed by atoms with Gasteiger partial charge in [0.15, 0.2) is 4.90 Å². The van der Waals surface area contributed by atoms with Crippen molar-refractivity contribution in [2.45, 2.75) is 10.6 Å². The summed E-state index contributed by atoms with van der Waals surface area (Å²) < 4.78 is 5.22. The third-order valence-electron chi connectivity index (χ3n) is 3.66. The van der Waals surface area contributed by atoms with Gasteiger partial charge in [-0.25, -0.2) is 0 Å². The molecule has 0 bridgehead atoms. The van der Waals surface area contributed by atoms with Crippen molar-refractivity contribution >= 4 is 21.7 Å². The highest BCUT2D eigenvalue weighted by atomic mass is 32.2. The van der Waals surface area contributed by atoms with Crippen LogP contribution in [-0.4, -0.2) is 13.4 Å². The van der Waals surface area contributed by atoms with Crippen LogP contribution >= 0.6 is 0 Å². The molecule has 0 saturated carbocycles. The number of hydrogen-bond acceptors (Lipinski definition) is 1. The summed E-state index contributed by atoms with van der Waals surface area (Å²) in [5.74, 6) is 2.00. The number of ether oxygens (including phenoxy) is 1. The first-order chi connectivity index (χ1) is 10.3. The Morgan fingerprint density at radius 2 is 1.57 bits per heavy atom. The highest BCUT2D eigenvalue weighted by Gasteiger charge is 2.16. The van der Waals surface area contributed by atoms with Crippen molar-refractivity contribution in [1.29, 1.82) is 0 Å². The van der Waals surface area contributed by atoms with Crippen molar-refractivity contribution in [3.05, 3.63) is 72.3 Å². The van der Waals surface area contributed by atoms with Gasteiger partial charge in [-0.15, -0.1) is 0 Å². The van der Waals surface area contributed by atoms with E-state index in [-0.39, 0.29) is 10.9 Å². The van der Waals surface area contributed by atoms with Gasteiger partial charge in [-0.3, -0.25) is 0 Å². The maximum atomic E-state index is 5.22. The Balaban J connectivity index is 1.79. The summed E-state index contributed by atoms with van der Waals surface area (Å²) in [6, 6.07) is 23.7. The molecule has 0 heterocycles. The molecule has 0 fully saturated rings.